The third kappa shape index (κ3) is 4.05. The minimum Gasteiger partial charge on any atom is -0.334 e. The van der Waals surface area contributed by atoms with Gasteiger partial charge in [0, 0.05) is 24.4 Å². The summed E-state index contributed by atoms with van der Waals surface area (Å²) in [6.45, 7) is 4.40. The molecule has 0 unspecified atom stereocenters. The van der Waals surface area contributed by atoms with Crippen molar-refractivity contribution in [1.29, 1.82) is 0 Å². The van der Waals surface area contributed by atoms with Crippen LogP contribution >= 0.6 is 0 Å². The summed E-state index contributed by atoms with van der Waals surface area (Å²) in [5.41, 5.74) is 3.62. The molecule has 0 heterocycles. The fraction of sp³-hybridized carbons (Fsp3) is 0.188. The van der Waals surface area contributed by atoms with Gasteiger partial charge in [0.1, 0.15) is 0 Å². The molecule has 0 aliphatic rings. The molecule has 0 spiro atoms. The molecule has 22 heavy (non-hydrogen) atoms. The summed E-state index contributed by atoms with van der Waals surface area (Å²) in [6.07, 6.45) is 0. The van der Waals surface area contributed by atoms with Crippen LogP contribution in [0, 0.1) is 24.0 Å². The van der Waals surface area contributed by atoms with Crippen molar-refractivity contribution in [3.63, 3.8) is 0 Å². The Morgan fingerprint density at radius 2 is 1.95 bits per heavy atom. The summed E-state index contributed by atoms with van der Waals surface area (Å²) in [5, 5.41) is 16.0. The minimum atomic E-state index is -0.501. The Kier molecular flexibility index (Phi) is 4.73. The van der Waals surface area contributed by atoms with Crippen LogP contribution in [0.3, 0.4) is 0 Å². The topological polar surface area (TPSA) is 84.3 Å². The number of aryl methyl sites for hydroxylation is 2. The van der Waals surface area contributed by atoms with Gasteiger partial charge in [0.05, 0.1) is 4.92 Å². The Morgan fingerprint density at radius 3 is 2.64 bits per heavy atom. The van der Waals surface area contributed by atoms with E-state index in [-0.39, 0.29) is 5.69 Å². The number of anilines is 1. The van der Waals surface area contributed by atoms with Crippen molar-refractivity contribution in [2.75, 3.05) is 5.32 Å². The number of nitrogens with zero attached hydrogens (tertiary/aromatic N) is 1. The Labute approximate surface area is 128 Å². The predicted octanol–water partition coefficient (Wildman–Crippen LogP) is 3.53. The molecule has 0 saturated carbocycles. The molecule has 0 aromatic heterocycles. The first-order chi connectivity index (χ1) is 10.5. The van der Waals surface area contributed by atoms with Crippen LogP contribution in [-0.2, 0) is 6.54 Å². The smallest absolute Gasteiger partial charge is 0.319 e. The lowest BCUT2D eigenvalue weighted by molar-refractivity contribution is -0.384. The molecule has 114 valence electrons. The number of carbonyl (C=O) groups excluding carboxylic acids is 1. The summed E-state index contributed by atoms with van der Waals surface area (Å²) < 4.78 is 0. The molecule has 2 aromatic carbocycles. The van der Waals surface area contributed by atoms with E-state index in [4.69, 9.17) is 0 Å². The van der Waals surface area contributed by atoms with Crippen molar-refractivity contribution >= 4 is 17.4 Å². The van der Waals surface area contributed by atoms with Crippen molar-refractivity contribution in [2.45, 2.75) is 20.4 Å². The van der Waals surface area contributed by atoms with E-state index in [1.165, 1.54) is 23.8 Å². The molecule has 2 aromatic rings. The number of rotatable bonds is 4. The summed E-state index contributed by atoms with van der Waals surface area (Å²) >= 11 is 0. The minimum absolute atomic E-state index is 0.0628. The molecule has 2 N–H and O–H groups in total. The van der Waals surface area contributed by atoms with Gasteiger partial charge in [-0.2, -0.15) is 0 Å². The molecule has 0 radical (unpaired) electrons. The maximum absolute atomic E-state index is 11.9. The molecule has 0 bridgehead atoms. The lowest BCUT2D eigenvalue weighted by Gasteiger charge is -2.10. The highest BCUT2D eigenvalue weighted by molar-refractivity contribution is 5.89. The van der Waals surface area contributed by atoms with Crippen LogP contribution in [0.2, 0.25) is 0 Å². The number of hydrogen-bond donors (Lipinski definition) is 2. The Balaban J connectivity index is 1.95. The second-order valence-corrected chi connectivity index (χ2v) is 5.05. The third-order valence-corrected chi connectivity index (χ3v) is 3.25. The van der Waals surface area contributed by atoms with Crippen LogP contribution in [0.5, 0.6) is 0 Å². The second-order valence-electron chi connectivity index (χ2n) is 5.05. The largest absolute Gasteiger partial charge is 0.334 e. The zero-order chi connectivity index (χ0) is 16.1. The van der Waals surface area contributed by atoms with Crippen LogP contribution in [0.25, 0.3) is 0 Å². The molecule has 2 rings (SSSR count). The normalized spacial score (nSPS) is 10.1. The zero-order valence-corrected chi connectivity index (χ0v) is 12.4. The number of amides is 2. The zero-order valence-electron chi connectivity index (χ0n) is 12.4. The molecular formula is C16H17N3O3. The Bertz CT molecular complexity index is 714. The first kappa shape index (κ1) is 15.5. The molecule has 6 heteroatoms. The van der Waals surface area contributed by atoms with E-state index >= 15 is 0 Å². The summed E-state index contributed by atoms with van der Waals surface area (Å²) in [6, 6.07) is 11.4. The van der Waals surface area contributed by atoms with Gasteiger partial charge in [0.25, 0.3) is 5.69 Å². The van der Waals surface area contributed by atoms with Gasteiger partial charge in [-0.25, -0.2) is 4.79 Å². The molecular weight excluding hydrogens is 282 g/mol. The number of hydrogen-bond acceptors (Lipinski definition) is 3. The number of non-ortho nitro benzene ring substituents is 1. The van der Waals surface area contributed by atoms with Crippen molar-refractivity contribution in [2.24, 2.45) is 0 Å². The quantitative estimate of drug-likeness (QED) is 0.669. The van der Waals surface area contributed by atoms with Crippen LogP contribution in [0.15, 0.2) is 42.5 Å². The summed E-state index contributed by atoms with van der Waals surface area (Å²) in [5.74, 6) is 0. The first-order valence-corrected chi connectivity index (χ1v) is 6.81. The van der Waals surface area contributed by atoms with Gasteiger partial charge in [-0.1, -0.05) is 29.8 Å². The standard InChI is InChI=1S/C16H17N3O3/c1-11-6-7-13(12(2)8-11)10-17-16(20)18-14-4-3-5-15(9-14)19(21)22/h3-9H,10H2,1-2H3,(H2,17,18,20). The third-order valence-electron chi connectivity index (χ3n) is 3.25. The van der Waals surface area contributed by atoms with E-state index < -0.39 is 11.0 Å². The lowest BCUT2D eigenvalue weighted by Crippen LogP contribution is -2.28. The van der Waals surface area contributed by atoms with E-state index in [1.54, 1.807) is 6.07 Å². The molecule has 2 amide bonds. The number of carbonyl (C=O) groups is 1. The fourth-order valence-electron chi connectivity index (χ4n) is 2.09. The van der Waals surface area contributed by atoms with Crippen LogP contribution in [-0.4, -0.2) is 11.0 Å². The molecule has 6 nitrogen and oxygen atoms in total. The van der Waals surface area contributed by atoms with E-state index in [1.807, 2.05) is 26.0 Å². The molecule has 0 atom stereocenters. The highest BCUT2D eigenvalue weighted by Crippen LogP contribution is 2.17. The van der Waals surface area contributed by atoms with Gasteiger partial charge in [0.15, 0.2) is 0 Å². The number of urea groups is 1. The Morgan fingerprint density at radius 1 is 1.18 bits per heavy atom. The molecule has 0 aliphatic heterocycles. The van der Waals surface area contributed by atoms with E-state index in [0.717, 1.165) is 11.1 Å². The average Bonchev–Trinajstić information content (AvgIpc) is 2.46. The predicted molar refractivity (Wildman–Crippen MR) is 84.9 cm³/mol. The maximum atomic E-state index is 11.9. The van der Waals surface area contributed by atoms with Crippen LogP contribution in [0.4, 0.5) is 16.2 Å². The van der Waals surface area contributed by atoms with Crippen molar-refractivity contribution < 1.29 is 9.72 Å². The fourth-order valence-corrected chi connectivity index (χ4v) is 2.09. The Hall–Kier alpha value is -2.89. The van der Waals surface area contributed by atoms with Crippen LogP contribution < -0.4 is 10.6 Å². The molecule has 0 fully saturated rings. The first-order valence-electron chi connectivity index (χ1n) is 6.81. The number of nitro groups is 1. The lowest BCUT2D eigenvalue weighted by atomic mass is 10.1. The SMILES string of the molecule is Cc1ccc(CNC(=O)Nc2cccc([N+](=O)[O-])c2)c(C)c1. The number of benzene rings is 2. The molecule has 0 saturated heterocycles. The maximum Gasteiger partial charge on any atom is 0.319 e. The second kappa shape index (κ2) is 6.71. The number of nitro benzene ring substituents is 1. The average molecular weight is 299 g/mol. The van der Waals surface area contributed by atoms with Gasteiger partial charge in [-0.3, -0.25) is 10.1 Å². The highest BCUT2D eigenvalue weighted by atomic mass is 16.6. The van der Waals surface area contributed by atoms with E-state index in [9.17, 15) is 14.9 Å². The van der Waals surface area contributed by atoms with Crippen LogP contribution in [0.1, 0.15) is 16.7 Å². The number of nitrogens with one attached hydrogen (secondary N) is 2. The van der Waals surface area contributed by atoms with Crippen molar-refractivity contribution in [3.8, 4) is 0 Å². The molecule has 0 aliphatic carbocycles. The van der Waals surface area contributed by atoms with E-state index in [0.29, 0.717) is 12.2 Å². The summed E-state index contributed by atoms with van der Waals surface area (Å²) in [7, 11) is 0. The van der Waals surface area contributed by atoms with E-state index in [2.05, 4.69) is 16.7 Å². The van der Waals surface area contributed by atoms with Gasteiger partial charge < -0.3 is 10.6 Å². The van der Waals surface area contributed by atoms with Gasteiger partial charge in [-0.15, -0.1) is 0 Å². The highest BCUT2D eigenvalue weighted by Gasteiger charge is 2.08. The monoisotopic (exact) mass is 299 g/mol. The van der Waals surface area contributed by atoms with Crippen molar-refractivity contribution in [3.05, 3.63) is 69.3 Å². The van der Waals surface area contributed by atoms with Gasteiger partial charge >= 0.3 is 6.03 Å². The summed E-state index contributed by atoms with van der Waals surface area (Å²) in [4.78, 5) is 22.0. The van der Waals surface area contributed by atoms with Crippen molar-refractivity contribution in [1.82, 2.24) is 5.32 Å². The van der Waals surface area contributed by atoms with Gasteiger partial charge in [-0.05, 0) is 31.0 Å². The van der Waals surface area contributed by atoms with Gasteiger partial charge in [0.2, 0.25) is 0 Å².